The van der Waals surface area contributed by atoms with E-state index in [1.54, 1.807) is 0 Å². The van der Waals surface area contributed by atoms with E-state index in [1.165, 1.54) is 0 Å². The Hall–Kier alpha value is -0.480. The van der Waals surface area contributed by atoms with E-state index in [0.717, 1.165) is 12.8 Å². The molecule has 0 saturated heterocycles. The standard InChI is InChI=1S/C6H9N/c1-2-5-3-4-6(5)7/h1,5-6H,3-4,7H2/t5-,6-/m1/s1. The summed E-state index contributed by atoms with van der Waals surface area (Å²) in [7, 11) is 0. The minimum absolute atomic E-state index is 0.310. The molecule has 2 atom stereocenters. The van der Waals surface area contributed by atoms with Gasteiger partial charge in [0.15, 0.2) is 0 Å². The molecule has 2 N–H and O–H groups in total. The lowest BCUT2D eigenvalue weighted by Gasteiger charge is -2.28. The summed E-state index contributed by atoms with van der Waals surface area (Å²) in [6.07, 6.45) is 7.35. The smallest absolute Gasteiger partial charge is 0.0352 e. The number of terminal acetylenes is 1. The molecule has 1 nitrogen and oxygen atoms in total. The van der Waals surface area contributed by atoms with E-state index in [4.69, 9.17) is 12.2 Å². The zero-order chi connectivity index (χ0) is 5.28. The molecule has 38 valence electrons. The summed E-state index contributed by atoms with van der Waals surface area (Å²) in [6, 6.07) is 0.310. The number of hydrogen-bond acceptors (Lipinski definition) is 1. The van der Waals surface area contributed by atoms with Crippen LogP contribution in [0.25, 0.3) is 0 Å². The average molecular weight is 95.1 g/mol. The van der Waals surface area contributed by atoms with Crippen molar-refractivity contribution in [3.63, 3.8) is 0 Å². The third-order valence-corrected chi connectivity index (χ3v) is 1.54. The van der Waals surface area contributed by atoms with Gasteiger partial charge in [0.1, 0.15) is 0 Å². The van der Waals surface area contributed by atoms with Gasteiger partial charge in [0.05, 0.1) is 0 Å². The largest absolute Gasteiger partial charge is 0.327 e. The molecule has 0 heterocycles. The van der Waals surface area contributed by atoms with Gasteiger partial charge in [0, 0.05) is 12.0 Å². The van der Waals surface area contributed by atoms with Crippen LogP contribution in [0.2, 0.25) is 0 Å². The molecule has 1 saturated carbocycles. The highest BCUT2D eigenvalue weighted by atomic mass is 14.7. The lowest BCUT2D eigenvalue weighted by atomic mass is 9.81. The molecule has 1 heteroatoms. The van der Waals surface area contributed by atoms with Crippen molar-refractivity contribution in [3.05, 3.63) is 0 Å². The number of hydrogen-bond donors (Lipinski definition) is 1. The van der Waals surface area contributed by atoms with Crippen molar-refractivity contribution >= 4 is 0 Å². The van der Waals surface area contributed by atoms with Crippen LogP contribution in [0.4, 0.5) is 0 Å². The highest BCUT2D eigenvalue weighted by Gasteiger charge is 2.24. The second-order valence-corrected chi connectivity index (χ2v) is 2.01. The Bertz CT molecular complexity index is 101. The molecule has 0 bridgehead atoms. The minimum Gasteiger partial charge on any atom is -0.327 e. The first-order chi connectivity index (χ1) is 3.34. The predicted molar refractivity (Wildman–Crippen MR) is 29.5 cm³/mol. The van der Waals surface area contributed by atoms with Crippen molar-refractivity contribution in [1.82, 2.24) is 0 Å². The third kappa shape index (κ3) is 0.618. The van der Waals surface area contributed by atoms with Crippen molar-refractivity contribution in [1.29, 1.82) is 0 Å². The van der Waals surface area contributed by atoms with Gasteiger partial charge in [-0.15, -0.1) is 12.3 Å². The molecule has 1 fully saturated rings. The van der Waals surface area contributed by atoms with Crippen molar-refractivity contribution in [2.24, 2.45) is 11.7 Å². The van der Waals surface area contributed by atoms with Crippen molar-refractivity contribution < 1.29 is 0 Å². The Balaban J connectivity index is 2.33. The maximum Gasteiger partial charge on any atom is 0.0352 e. The first-order valence-electron chi connectivity index (χ1n) is 2.56. The normalized spacial score (nSPS) is 38.9. The van der Waals surface area contributed by atoms with Gasteiger partial charge in [0.25, 0.3) is 0 Å². The summed E-state index contributed by atoms with van der Waals surface area (Å²) >= 11 is 0. The first kappa shape index (κ1) is 4.67. The average Bonchev–Trinajstić information content (AvgIpc) is 1.65. The van der Waals surface area contributed by atoms with Crippen LogP contribution in [0, 0.1) is 18.3 Å². The van der Waals surface area contributed by atoms with Gasteiger partial charge in [-0.05, 0) is 12.8 Å². The molecule has 0 radical (unpaired) electrons. The number of rotatable bonds is 0. The Labute approximate surface area is 43.9 Å². The molecule has 0 aromatic heterocycles. The number of nitrogens with two attached hydrogens (primary N) is 1. The Morgan fingerprint density at radius 1 is 1.57 bits per heavy atom. The predicted octanol–water partition coefficient (Wildman–Crippen LogP) is 0.357. The van der Waals surface area contributed by atoms with Gasteiger partial charge in [-0.3, -0.25) is 0 Å². The Morgan fingerprint density at radius 3 is 2.29 bits per heavy atom. The highest BCUT2D eigenvalue weighted by Crippen LogP contribution is 2.23. The summed E-state index contributed by atoms with van der Waals surface area (Å²) in [5.74, 6) is 3.02. The molecule has 0 aliphatic heterocycles. The topological polar surface area (TPSA) is 26.0 Å². The fraction of sp³-hybridized carbons (Fsp3) is 0.667. The molecule has 0 aromatic rings. The van der Waals surface area contributed by atoms with E-state index in [-0.39, 0.29) is 0 Å². The zero-order valence-electron chi connectivity index (χ0n) is 4.22. The van der Waals surface area contributed by atoms with E-state index in [9.17, 15) is 0 Å². The van der Waals surface area contributed by atoms with Crippen LogP contribution in [-0.4, -0.2) is 6.04 Å². The Morgan fingerprint density at radius 2 is 2.29 bits per heavy atom. The summed E-state index contributed by atoms with van der Waals surface area (Å²) in [5.41, 5.74) is 5.49. The molecular formula is C6H9N. The van der Waals surface area contributed by atoms with Crippen molar-refractivity contribution in [2.45, 2.75) is 18.9 Å². The van der Waals surface area contributed by atoms with Crippen LogP contribution in [-0.2, 0) is 0 Å². The fourth-order valence-corrected chi connectivity index (χ4v) is 0.733. The second-order valence-electron chi connectivity index (χ2n) is 2.01. The molecule has 0 unspecified atom stereocenters. The maximum absolute atomic E-state index is 5.49. The molecule has 1 aliphatic carbocycles. The highest BCUT2D eigenvalue weighted by molar-refractivity contribution is 5.03. The van der Waals surface area contributed by atoms with Gasteiger partial charge in [-0.1, -0.05) is 0 Å². The van der Waals surface area contributed by atoms with Crippen LogP contribution < -0.4 is 5.73 Å². The summed E-state index contributed by atoms with van der Waals surface area (Å²) in [6.45, 7) is 0. The van der Waals surface area contributed by atoms with Crippen molar-refractivity contribution in [2.75, 3.05) is 0 Å². The first-order valence-corrected chi connectivity index (χ1v) is 2.56. The monoisotopic (exact) mass is 95.1 g/mol. The molecule has 7 heavy (non-hydrogen) atoms. The molecular weight excluding hydrogens is 86.1 g/mol. The molecule has 1 aliphatic rings. The van der Waals surface area contributed by atoms with E-state index in [0.29, 0.717) is 12.0 Å². The van der Waals surface area contributed by atoms with Crippen LogP contribution in [0.3, 0.4) is 0 Å². The van der Waals surface area contributed by atoms with Crippen LogP contribution >= 0.6 is 0 Å². The maximum atomic E-state index is 5.49. The van der Waals surface area contributed by atoms with Gasteiger partial charge >= 0.3 is 0 Å². The summed E-state index contributed by atoms with van der Waals surface area (Å²) < 4.78 is 0. The SMILES string of the molecule is C#C[C@@H]1CC[C@H]1N. The molecule has 0 spiro atoms. The van der Waals surface area contributed by atoms with Crippen molar-refractivity contribution in [3.8, 4) is 12.3 Å². The molecule has 1 rings (SSSR count). The van der Waals surface area contributed by atoms with Crippen LogP contribution in [0.1, 0.15) is 12.8 Å². The second kappa shape index (κ2) is 1.55. The van der Waals surface area contributed by atoms with E-state index >= 15 is 0 Å². The lowest BCUT2D eigenvalue weighted by Crippen LogP contribution is -2.38. The third-order valence-electron chi connectivity index (χ3n) is 1.54. The molecule has 0 amide bonds. The summed E-state index contributed by atoms with van der Waals surface area (Å²) in [4.78, 5) is 0. The fourth-order valence-electron chi connectivity index (χ4n) is 0.733. The van der Waals surface area contributed by atoms with Crippen LogP contribution in [0.5, 0.6) is 0 Å². The van der Waals surface area contributed by atoms with E-state index in [1.807, 2.05) is 0 Å². The van der Waals surface area contributed by atoms with Gasteiger partial charge < -0.3 is 5.73 Å². The Kier molecular flexibility index (Phi) is 1.04. The lowest BCUT2D eigenvalue weighted by molar-refractivity contribution is 0.329. The van der Waals surface area contributed by atoms with E-state index in [2.05, 4.69) is 5.92 Å². The minimum atomic E-state index is 0.310. The summed E-state index contributed by atoms with van der Waals surface area (Å²) in [5, 5.41) is 0. The molecule has 0 aromatic carbocycles. The van der Waals surface area contributed by atoms with Gasteiger partial charge in [-0.25, -0.2) is 0 Å². The van der Waals surface area contributed by atoms with E-state index < -0.39 is 0 Å². The van der Waals surface area contributed by atoms with Gasteiger partial charge in [0.2, 0.25) is 0 Å². The quantitative estimate of drug-likeness (QED) is 0.432. The zero-order valence-corrected chi connectivity index (χ0v) is 4.22. The van der Waals surface area contributed by atoms with Gasteiger partial charge in [-0.2, -0.15) is 0 Å². The van der Waals surface area contributed by atoms with Crippen LogP contribution in [0.15, 0.2) is 0 Å².